The van der Waals surface area contributed by atoms with Crippen molar-refractivity contribution < 1.29 is 31.6 Å². The average molecular weight is 414 g/mol. The van der Waals surface area contributed by atoms with Gasteiger partial charge in [0, 0.05) is 7.05 Å². The summed E-state index contributed by atoms with van der Waals surface area (Å²) in [5.74, 6) is -0.688. The fraction of sp³-hybridized carbons (Fsp3) is 0.278. The van der Waals surface area contributed by atoms with Crippen molar-refractivity contribution in [2.24, 2.45) is 0 Å². The van der Waals surface area contributed by atoms with E-state index in [1.807, 2.05) is 0 Å². The van der Waals surface area contributed by atoms with Crippen LogP contribution >= 0.6 is 0 Å². The zero-order valence-corrected chi connectivity index (χ0v) is 15.5. The van der Waals surface area contributed by atoms with Crippen LogP contribution in [-0.2, 0) is 21.0 Å². The number of hydrogen-bond acceptors (Lipinski definition) is 4. The summed E-state index contributed by atoms with van der Waals surface area (Å²) in [6.45, 7) is 0.0518. The van der Waals surface area contributed by atoms with Gasteiger partial charge in [-0.25, -0.2) is 13.5 Å². The van der Waals surface area contributed by atoms with Crippen LogP contribution in [0.3, 0.4) is 0 Å². The van der Waals surface area contributed by atoms with E-state index in [1.54, 1.807) is 0 Å². The molecule has 1 amide bonds. The molecule has 1 fully saturated rings. The number of nitrogens with zero attached hydrogens (tertiary/aromatic N) is 2. The normalized spacial score (nSPS) is 18.1. The smallest absolute Gasteiger partial charge is 0.286 e. The molecule has 6 nitrogen and oxygen atoms in total. The number of halogens is 3. The second kappa shape index (κ2) is 7.19. The Balaban J connectivity index is 1.83. The second-order valence-electron chi connectivity index (χ2n) is 6.39. The van der Waals surface area contributed by atoms with Gasteiger partial charge in [-0.05, 0) is 41.8 Å². The highest BCUT2D eigenvalue weighted by Crippen LogP contribution is 2.31. The maximum absolute atomic E-state index is 12.7. The Morgan fingerprint density at radius 2 is 1.54 bits per heavy atom. The molecule has 0 aromatic heterocycles. The largest absolute Gasteiger partial charge is 0.416 e. The topological polar surface area (TPSA) is 77.9 Å². The van der Waals surface area contributed by atoms with Gasteiger partial charge in [-0.1, -0.05) is 24.3 Å². The van der Waals surface area contributed by atoms with Crippen molar-refractivity contribution in [3.8, 4) is 11.1 Å². The monoisotopic (exact) mass is 414 g/mol. The molecule has 0 spiro atoms. The number of likely N-dealkylation sites (N-methyl/N-ethyl adjacent to an activating group) is 1. The summed E-state index contributed by atoms with van der Waals surface area (Å²) < 4.78 is 64.3. The van der Waals surface area contributed by atoms with Gasteiger partial charge in [-0.2, -0.15) is 17.5 Å². The summed E-state index contributed by atoms with van der Waals surface area (Å²) in [6.07, 6.45) is -4.25. The summed E-state index contributed by atoms with van der Waals surface area (Å²) in [6, 6.07) is 9.18. The molecule has 1 atom stereocenters. The van der Waals surface area contributed by atoms with Gasteiger partial charge in [0.2, 0.25) is 10.0 Å². The van der Waals surface area contributed by atoms with Crippen molar-refractivity contribution in [1.29, 1.82) is 0 Å². The summed E-state index contributed by atoms with van der Waals surface area (Å²) >= 11 is 0. The number of amides is 1. The highest BCUT2D eigenvalue weighted by molar-refractivity contribution is 7.89. The van der Waals surface area contributed by atoms with E-state index >= 15 is 0 Å². The van der Waals surface area contributed by atoms with E-state index in [0.717, 1.165) is 16.4 Å². The van der Waals surface area contributed by atoms with Crippen LogP contribution in [0.5, 0.6) is 0 Å². The van der Waals surface area contributed by atoms with Crippen LogP contribution in [0.4, 0.5) is 13.2 Å². The zero-order chi connectivity index (χ0) is 20.7. The van der Waals surface area contributed by atoms with Crippen molar-refractivity contribution in [3.63, 3.8) is 0 Å². The molecule has 1 N–H and O–H groups in total. The second-order valence-corrected chi connectivity index (χ2v) is 8.38. The van der Waals surface area contributed by atoms with Crippen molar-refractivity contribution in [2.45, 2.75) is 23.5 Å². The SMILES string of the molecule is CN([C@@H]1CCN(O)C1=O)S(=O)(=O)c1ccc(-c2ccc(C(F)(F)F)cc2)cc1. The first-order valence-electron chi connectivity index (χ1n) is 8.28. The molecule has 150 valence electrons. The Kier molecular flexibility index (Phi) is 5.22. The molecule has 28 heavy (non-hydrogen) atoms. The Morgan fingerprint density at radius 3 is 1.96 bits per heavy atom. The molecule has 10 heteroatoms. The maximum atomic E-state index is 12.7. The number of alkyl halides is 3. The fourth-order valence-electron chi connectivity index (χ4n) is 2.99. The first-order valence-corrected chi connectivity index (χ1v) is 9.72. The molecular weight excluding hydrogens is 397 g/mol. The van der Waals surface area contributed by atoms with Gasteiger partial charge in [0.25, 0.3) is 5.91 Å². The quantitative estimate of drug-likeness (QED) is 0.781. The van der Waals surface area contributed by atoms with Crippen molar-refractivity contribution in [1.82, 2.24) is 9.37 Å². The number of hydroxylamine groups is 2. The lowest BCUT2D eigenvalue weighted by molar-refractivity contribution is -0.159. The molecule has 0 unspecified atom stereocenters. The standard InChI is InChI=1S/C18H17F3N2O4S/c1-22(16-10-11-23(25)17(16)24)28(26,27)15-8-4-13(5-9-15)12-2-6-14(7-3-12)18(19,20)21/h2-9,16,25H,10-11H2,1H3/t16-/m1/s1. The van der Waals surface area contributed by atoms with Gasteiger partial charge in [0.1, 0.15) is 6.04 Å². The molecule has 2 aromatic carbocycles. The molecular formula is C18H17F3N2O4S. The van der Waals surface area contributed by atoms with Gasteiger partial charge >= 0.3 is 6.18 Å². The lowest BCUT2D eigenvalue weighted by Gasteiger charge is -2.22. The number of rotatable bonds is 4. The first kappa shape index (κ1) is 20.3. The number of benzene rings is 2. The fourth-order valence-corrected chi connectivity index (χ4v) is 4.34. The summed E-state index contributed by atoms with van der Waals surface area (Å²) in [5, 5.41) is 9.87. The van der Waals surface area contributed by atoms with Crippen LogP contribution < -0.4 is 0 Å². The zero-order valence-electron chi connectivity index (χ0n) is 14.7. The van der Waals surface area contributed by atoms with Gasteiger partial charge in [-0.3, -0.25) is 10.0 Å². The minimum Gasteiger partial charge on any atom is -0.286 e. The number of carbonyl (C=O) groups is 1. The van der Waals surface area contributed by atoms with Gasteiger partial charge in [0.05, 0.1) is 17.0 Å². The molecule has 0 radical (unpaired) electrons. The molecule has 1 heterocycles. The van der Waals surface area contributed by atoms with E-state index in [0.29, 0.717) is 16.2 Å². The minimum atomic E-state index is -4.43. The van der Waals surface area contributed by atoms with Crippen LogP contribution in [0.15, 0.2) is 53.4 Å². The summed E-state index contributed by atoms with van der Waals surface area (Å²) in [7, 11) is -2.71. The Labute approximate surface area is 159 Å². The summed E-state index contributed by atoms with van der Waals surface area (Å²) in [4.78, 5) is 11.8. The molecule has 2 aromatic rings. The molecule has 1 aliphatic heterocycles. The third kappa shape index (κ3) is 3.75. The number of sulfonamides is 1. The lowest BCUT2D eigenvalue weighted by atomic mass is 10.0. The van der Waals surface area contributed by atoms with E-state index in [4.69, 9.17) is 0 Å². The Morgan fingerprint density at radius 1 is 1.04 bits per heavy atom. The van der Waals surface area contributed by atoms with E-state index in [2.05, 4.69) is 0 Å². The van der Waals surface area contributed by atoms with Gasteiger partial charge in [0.15, 0.2) is 0 Å². The first-order chi connectivity index (χ1) is 13.0. The summed E-state index contributed by atoms with van der Waals surface area (Å²) in [5.41, 5.74) is 0.289. The third-order valence-electron chi connectivity index (χ3n) is 4.67. The molecule has 0 bridgehead atoms. The maximum Gasteiger partial charge on any atom is 0.416 e. The van der Waals surface area contributed by atoms with Crippen LogP contribution in [0.25, 0.3) is 11.1 Å². The van der Waals surface area contributed by atoms with Gasteiger partial charge < -0.3 is 0 Å². The molecule has 0 saturated carbocycles. The van der Waals surface area contributed by atoms with Crippen LogP contribution in [0.2, 0.25) is 0 Å². The van der Waals surface area contributed by atoms with E-state index in [1.165, 1.54) is 43.4 Å². The van der Waals surface area contributed by atoms with Crippen molar-refractivity contribution >= 4 is 15.9 Å². The number of carbonyl (C=O) groups excluding carboxylic acids is 1. The Hall–Kier alpha value is -2.43. The number of hydrogen-bond donors (Lipinski definition) is 1. The van der Waals surface area contributed by atoms with E-state index < -0.39 is 33.7 Å². The molecule has 0 aliphatic carbocycles. The molecule has 3 rings (SSSR count). The van der Waals surface area contributed by atoms with E-state index in [-0.39, 0.29) is 17.9 Å². The average Bonchev–Trinajstić information content (AvgIpc) is 2.99. The minimum absolute atomic E-state index is 0.0518. The van der Waals surface area contributed by atoms with Crippen LogP contribution in [-0.4, -0.2) is 48.5 Å². The van der Waals surface area contributed by atoms with Crippen LogP contribution in [0.1, 0.15) is 12.0 Å². The highest BCUT2D eigenvalue weighted by atomic mass is 32.2. The Bertz CT molecular complexity index is 973. The van der Waals surface area contributed by atoms with E-state index in [9.17, 15) is 31.6 Å². The van der Waals surface area contributed by atoms with Crippen molar-refractivity contribution in [3.05, 3.63) is 54.1 Å². The van der Waals surface area contributed by atoms with Crippen molar-refractivity contribution in [2.75, 3.05) is 13.6 Å². The van der Waals surface area contributed by atoms with Gasteiger partial charge in [-0.15, -0.1) is 0 Å². The third-order valence-corrected chi connectivity index (χ3v) is 6.55. The predicted molar refractivity (Wildman–Crippen MR) is 93.7 cm³/mol. The molecule has 1 saturated heterocycles. The highest BCUT2D eigenvalue weighted by Gasteiger charge is 2.39. The molecule has 1 aliphatic rings. The predicted octanol–water partition coefficient (Wildman–Crippen LogP) is 2.98. The van der Waals surface area contributed by atoms with Crippen LogP contribution in [0, 0.1) is 0 Å². The lowest BCUT2D eigenvalue weighted by Crippen LogP contribution is -2.42.